The zero-order valence-corrected chi connectivity index (χ0v) is 21.4. The van der Waals surface area contributed by atoms with E-state index in [4.69, 9.17) is 11.6 Å². The van der Waals surface area contributed by atoms with Gasteiger partial charge in [-0.1, -0.05) is 48.7 Å². The molecule has 3 rings (SSSR count). The van der Waals surface area contributed by atoms with E-state index in [2.05, 4.69) is 10.1 Å². The highest BCUT2D eigenvalue weighted by Gasteiger charge is 2.43. The monoisotopic (exact) mass is 518 g/mol. The lowest BCUT2D eigenvalue weighted by Crippen LogP contribution is -2.59. The fourth-order valence-corrected chi connectivity index (χ4v) is 5.47. The molecule has 9 heteroatoms. The maximum atomic E-state index is 13.1. The van der Waals surface area contributed by atoms with Crippen LogP contribution in [0.2, 0.25) is 5.02 Å². The number of hydrogen-bond donors (Lipinski definition) is 1. The van der Waals surface area contributed by atoms with Crippen molar-refractivity contribution >= 4 is 40.6 Å². The van der Waals surface area contributed by atoms with Gasteiger partial charge < -0.3 is 14.6 Å². The van der Waals surface area contributed by atoms with E-state index < -0.39 is 22.5 Å². The number of benzene rings is 2. The fraction of sp³-hybridized carbons (Fsp3) is 0.423. The predicted molar refractivity (Wildman–Crippen MR) is 136 cm³/mol. The fourth-order valence-electron chi connectivity index (χ4n) is 3.84. The number of carbonyl (C=O) groups excluding carboxylic acids is 3. The third kappa shape index (κ3) is 7.98. The molecular formula is C26H31ClN2O5S. The average Bonchev–Trinajstić information content (AvgIpc) is 2.86. The second-order valence-corrected chi connectivity index (χ2v) is 10.4. The minimum absolute atomic E-state index is 0.105. The molecule has 0 spiro atoms. The molecule has 1 N–H and O–H groups in total. The third-order valence-electron chi connectivity index (χ3n) is 5.93. The first-order chi connectivity index (χ1) is 16.9. The number of rotatable bonds is 13. The van der Waals surface area contributed by atoms with Gasteiger partial charge in [0, 0.05) is 30.1 Å². The van der Waals surface area contributed by atoms with E-state index in [1.54, 1.807) is 24.3 Å². The number of carbonyl (C=O) groups is 3. The molecule has 0 bridgehead atoms. The number of β-lactam (4-membered cyclic amide) rings is 1. The van der Waals surface area contributed by atoms with Gasteiger partial charge in [-0.3, -0.25) is 14.5 Å². The number of esters is 1. The number of nitrogens with zero attached hydrogens (tertiary/aromatic N) is 1. The van der Waals surface area contributed by atoms with E-state index in [1.165, 1.54) is 17.6 Å². The number of amides is 2. The molecule has 2 aromatic carbocycles. The van der Waals surface area contributed by atoms with E-state index in [9.17, 15) is 18.9 Å². The Hall–Kier alpha value is -2.55. The summed E-state index contributed by atoms with van der Waals surface area (Å²) in [5.41, 5.74) is 2.36. The van der Waals surface area contributed by atoms with Gasteiger partial charge in [0.25, 0.3) is 11.3 Å². The number of halogens is 1. The van der Waals surface area contributed by atoms with Crippen molar-refractivity contribution in [2.45, 2.75) is 49.7 Å². The highest BCUT2D eigenvalue weighted by atomic mass is 35.5. The van der Waals surface area contributed by atoms with Crippen molar-refractivity contribution < 1.29 is 23.7 Å². The van der Waals surface area contributed by atoms with Gasteiger partial charge >= 0.3 is 5.97 Å². The Bertz CT molecular complexity index is 1000. The lowest BCUT2D eigenvalue weighted by Gasteiger charge is -2.37. The van der Waals surface area contributed by atoms with Crippen LogP contribution in [0, 0.1) is 0 Å². The summed E-state index contributed by atoms with van der Waals surface area (Å²) in [7, 11) is 1.31. The van der Waals surface area contributed by atoms with Crippen molar-refractivity contribution in [1.29, 1.82) is 0 Å². The molecule has 2 atom stereocenters. The lowest BCUT2D eigenvalue weighted by atomic mass is 10.1. The standard InChI is InChI=1S/C26H31ClN2O5S/c1-34-26(32)21-11-7-20(8-12-21)18-35(33)25(29-17-15-23(29)30)24(31)28-16-5-3-2-4-6-19-9-13-22(27)14-10-19/h7-14,25H,2-6,15-18H2,1H3,(H,28,31). The van der Waals surface area contributed by atoms with Crippen molar-refractivity contribution in [3.05, 3.63) is 70.2 Å². The summed E-state index contributed by atoms with van der Waals surface area (Å²) in [6, 6.07) is 14.4. The Morgan fingerprint density at radius 2 is 1.71 bits per heavy atom. The molecule has 1 heterocycles. The van der Waals surface area contributed by atoms with Crippen molar-refractivity contribution in [3.63, 3.8) is 0 Å². The average molecular weight is 519 g/mol. The molecule has 1 fully saturated rings. The molecule has 0 aliphatic carbocycles. The summed E-state index contributed by atoms with van der Waals surface area (Å²) in [6.45, 7) is 0.901. The number of ether oxygens (including phenoxy) is 1. The molecule has 1 saturated heterocycles. The van der Waals surface area contributed by atoms with E-state index in [0.717, 1.165) is 37.1 Å². The highest BCUT2D eigenvalue weighted by Crippen LogP contribution is 2.22. The van der Waals surface area contributed by atoms with Crippen LogP contribution in [0.15, 0.2) is 48.5 Å². The topological polar surface area (TPSA) is 98.8 Å². The largest absolute Gasteiger partial charge is 0.614 e. The minimum atomic E-state index is -1.62. The lowest BCUT2D eigenvalue weighted by molar-refractivity contribution is -0.145. The molecule has 2 unspecified atom stereocenters. The van der Waals surface area contributed by atoms with Crippen LogP contribution < -0.4 is 5.32 Å². The van der Waals surface area contributed by atoms with Gasteiger partial charge in [0.1, 0.15) is 5.75 Å². The summed E-state index contributed by atoms with van der Waals surface area (Å²) in [5.74, 6) is -0.898. The SMILES string of the molecule is COC(=O)c1ccc(C[S+]([O-])C(C(=O)NCCCCCCc2ccc(Cl)cc2)N2CCC2=O)cc1. The first-order valence-corrected chi connectivity index (χ1v) is 13.5. The molecule has 35 heavy (non-hydrogen) atoms. The predicted octanol–water partition coefficient (Wildman–Crippen LogP) is 3.85. The zero-order valence-electron chi connectivity index (χ0n) is 19.8. The minimum Gasteiger partial charge on any atom is -0.614 e. The quantitative estimate of drug-likeness (QED) is 0.188. The second kappa shape index (κ2) is 13.5. The van der Waals surface area contributed by atoms with Crippen LogP contribution >= 0.6 is 11.6 Å². The number of methoxy groups -OCH3 is 1. The summed E-state index contributed by atoms with van der Waals surface area (Å²) in [4.78, 5) is 37.9. The molecule has 188 valence electrons. The summed E-state index contributed by atoms with van der Waals surface area (Å²) < 4.78 is 17.8. The molecule has 0 radical (unpaired) electrons. The van der Waals surface area contributed by atoms with Gasteiger partial charge in [0.15, 0.2) is 0 Å². The van der Waals surface area contributed by atoms with Crippen LogP contribution in [0.1, 0.15) is 53.6 Å². The van der Waals surface area contributed by atoms with Crippen LogP contribution in [0.25, 0.3) is 0 Å². The van der Waals surface area contributed by atoms with Crippen LogP contribution in [-0.4, -0.2) is 52.8 Å². The van der Waals surface area contributed by atoms with Gasteiger partial charge in [-0.25, -0.2) is 4.79 Å². The van der Waals surface area contributed by atoms with Crippen molar-refractivity contribution in [2.24, 2.45) is 0 Å². The van der Waals surface area contributed by atoms with E-state index in [0.29, 0.717) is 30.6 Å². The molecular weight excluding hydrogens is 488 g/mol. The van der Waals surface area contributed by atoms with Crippen molar-refractivity contribution in [1.82, 2.24) is 10.2 Å². The van der Waals surface area contributed by atoms with Gasteiger partial charge in [0.05, 0.1) is 12.7 Å². The second-order valence-electron chi connectivity index (χ2n) is 8.48. The third-order valence-corrected chi connectivity index (χ3v) is 7.77. The van der Waals surface area contributed by atoms with E-state index in [1.807, 2.05) is 24.3 Å². The number of aryl methyl sites for hydroxylation is 1. The van der Waals surface area contributed by atoms with Gasteiger partial charge in [0.2, 0.25) is 5.91 Å². The number of nitrogens with one attached hydrogen (secondary N) is 1. The molecule has 2 aromatic rings. The summed E-state index contributed by atoms with van der Waals surface area (Å²) in [6.07, 6.45) is 5.23. The molecule has 1 aliphatic heterocycles. The molecule has 0 aromatic heterocycles. The molecule has 2 amide bonds. The van der Waals surface area contributed by atoms with Crippen LogP contribution in [0.4, 0.5) is 0 Å². The van der Waals surface area contributed by atoms with Crippen LogP contribution in [-0.2, 0) is 37.7 Å². The van der Waals surface area contributed by atoms with Gasteiger partial charge in [-0.05, 0) is 60.3 Å². The molecule has 0 saturated carbocycles. The molecule has 1 aliphatic rings. The number of unbranched alkanes of at least 4 members (excludes halogenated alkanes) is 3. The first kappa shape index (κ1) is 27.0. The van der Waals surface area contributed by atoms with Crippen LogP contribution in [0.3, 0.4) is 0 Å². The Balaban J connectivity index is 1.44. The maximum absolute atomic E-state index is 13.1. The van der Waals surface area contributed by atoms with Gasteiger partial charge in [-0.15, -0.1) is 0 Å². The normalized spacial score (nSPS) is 14.7. The first-order valence-electron chi connectivity index (χ1n) is 11.7. The number of likely N-dealkylation sites (tertiary alicyclic amines) is 1. The molecule has 7 nitrogen and oxygen atoms in total. The van der Waals surface area contributed by atoms with Crippen molar-refractivity contribution in [3.8, 4) is 0 Å². The Morgan fingerprint density at radius 1 is 1.06 bits per heavy atom. The number of hydrogen-bond acceptors (Lipinski definition) is 5. The van der Waals surface area contributed by atoms with E-state index >= 15 is 0 Å². The van der Waals surface area contributed by atoms with Gasteiger partial charge in [-0.2, -0.15) is 0 Å². The maximum Gasteiger partial charge on any atom is 0.337 e. The summed E-state index contributed by atoms with van der Waals surface area (Å²) in [5, 5.41) is 2.59. The van der Waals surface area contributed by atoms with E-state index in [-0.39, 0.29) is 17.6 Å². The van der Waals surface area contributed by atoms with Crippen LogP contribution in [0.5, 0.6) is 0 Å². The highest BCUT2D eigenvalue weighted by molar-refractivity contribution is 7.92. The smallest absolute Gasteiger partial charge is 0.337 e. The Morgan fingerprint density at radius 3 is 2.31 bits per heavy atom. The summed E-state index contributed by atoms with van der Waals surface area (Å²) >= 11 is 4.29. The Labute approximate surface area is 214 Å². The Kier molecular flexibility index (Phi) is 10.4. The van der Waals surface area contributed by atoms with Crippen molar-refractivity contribution in [2.75, 3.05) is 20.2 Å². The zero-order chi connectivity index (χ0) is 25.2.